The van der Waals surface area contributed by atoms with Crippen LogP contribution in [0, 0.1) is 0 Å². The van der Waals surface area contributed by atoms with Crippen LogP contribution in [-0.2, 0) is 6.42 Å². The van der Waals surface area contributed by atoms with Crippen LogP contribution in [0.5, 0.6) is 11.5 Å². The van der Waals surface area contributed by atoms with E-state index in [1.54, 1.807) is 24.3 Å². The van der Waals surface area contributed by atoms with Crippen molar-refractivity contribution in [1.29, 1.82) is 0 Å². The van der Waals surface area contributed by atoms with E-state index >= 15 is 0 Å². The number of rotatable bonds is 4. The van der Waals surface area contributed by atoms with Crippen molar-refractivity contribution in [1.82, 2.24) is 0 Å². The highest BCUT2D eigenvalue weighted by atomic mass is 35.5. The molecular weight excluding hydrogens is 314 g/mol. The third-order valence-electron chi connectivity index (χ3n) is 3.65. The molecule has 1 atom stereocenters. The third kappa shape index (κ3) is 3.42. The zero-order valence-corrected chi connectivity index (χ0v) is 13.8. The lowest BCUT2D eigenvalue weighted by molar-refractivity contribution is 0.102. The zero-order valence-electron chi connectivity index (χ0n) is 13.1. The summed E-state index contributed by atoms with van der Waals surface area (Å²) in [6, 6.07) is 10.5. The second-order valence-electron chi connectivity index (χ2n) is 5.48. The fourth-order valence-electron chi connectivity index (χ4n) is 2.61. The highest BCUT2D eigenvalue weighted by Crippen LogP contribution is 2.38. The van der Waals surface area contributed by atoms with Crippen LogP contribution >= 0.6 is 11.6 Å². The molecule has 1 amide bonds. The average molecular weight is 332 g/mol. The van der Waals surface area contributed by atoms with Crippen molar-refractivity contribution in [2.75, 3.05) is 11.9 Å². The number of benzene rings is 2. The lowest BCUT2D eigenvalue weighted by atomic mass is 10.1. The molecule has 0 saturated carbocycles. The lowest BCUT2D eigenvalue weighted by Crippen LogP contribution is -2.13. The van der Waals surface area contributed by atoms with E-state index < -0.39 is 0 Å². The number of ether oxygens (including phenoxy) is 2. The minimum atomic E-state index is -0.214. The van der Waals surface area contributed by atoms with E-state index in [9.17, 15) is 4.79 Å². The standard InChI is InChI=1S/C18H18ClNO3/c1-3-22-17-9-13-8-11(2)23-16(13)10-15(17)20-18(21)12-4-6-14(19)7-5-12/h4-7,9-11H,3,8H2,1-2H3,(H,20,21)/t11-/m0/s1. The first-order valence-corrected chi connectivity index (χ1v) is 7.98. The molecule has 23 heavy (non-hydrogen) atoms. The monoisotopic (exact) mass is 331 g/mol. The van der Waals surface area contributed by atoms with E-state index in [2.05, 4.69) is 5.32 Å². The average Bonchev–Trinajstić information content (AvgIpc) is 2.87. The molecule has 1 aliphatic heterocycles. The first-order valence-electron chi connectivity index (χ1n) is 7.60. The van der Waals surface area contributed by atoms with Gasteiger partial charge in [0.25, 0.3) is 5.91 Å². The summed E-state index contributed by atoms with van der Waals surface area (Å²) in [6.07, 6.45) is 0.988. The van der Waals surface area contributed by atoms with Crippen LogP contribution < -0.4 is 14.8 Å². The van der Waals surface area contributed by atoms with Crippen molar-refractivity contribution in [2.24, 2.45) is 0 Å². The Balaban J connectivity index is 1.88. The Bertz CT molecular complexity index is 728. The summed E-state index contributed by atoms with van der Waals surface area (Å²) in [5, 5.41) is 3.48. The highest BCUT2D eigenvalue weighted by molar-refractivity contribution is 6.30. The van der Waals surface area contributed by atoms with Crippen molar-refractivity contribution >= 4 is 23.2 Å². The predicted octanol–water partition coefficient (Wildman–Crippen LogP) is 4.31. The summed E-state index contributed by atoms with van der Waals surface area (Å²) >= 11 is 5.85. The van der Waals surface area contributed by atoms with Crippen molar-refractivity contribution in [3.8, 4) is 11.5 Å². The number of hydrogen-bond donors (Lipinski definition) is 1. The summed E-state index contributed by atoms with van der Waals surface area (Å²) in [7, 11) is 0. The Labute approximate surface area is 140 Å². The van der Waals surface area contributed by atoms with Gasteiger partial charge in [-0.25, -0.2) is 0 Å². The topological polar surface area (TPSA) is 47.6 Å². The van der Waals surface area contributed by atoms with Gasteiger partial charge in [-0.05, 0) is 44.2 Å². The van der Waals surface area contributed by atoms with E-state index in [0.29, 0.717) is 28.6 Å². The second-order valence-corrected chi connectivity index (χ2v) is 5.92. The van der Waals surface area contributed by atoms with Gasteiger partial charge in [0.1, 0.15) is 17.6 Å². The first-order chi connectivity index (χ1) is 11.1. The predicted molar refractivity (Wildman–Crippen MR) is 90.8 cm³/mol. The Morgan fingerprint density at radius 2 is 2.09 bits per heavy atom. The highest BCUT2D eigenvalue weighted by Gasteiger charge is 2.22. The van der Waals surface area contributed by atoms with Crippen LogP contribution in [0.4, 0.5) is 5.69 Å². The number of fused-ring (bicyclic) bond motifs is 1. The molecule has 0 unspecified atom stereocenters. The van der Waals surface area contributed by atoms with Crippen LogP contribution in [-0.4, -0.2) is 18.6 Å². The van der Waals surface area contributed by atoms with Crippen molar-refractivity contribution in [3.63, 3.8) is 0 Å². The first kappa shape index (κ1) is 15.7. The van der Waals surface area contributed by atoms with Crippen LogP contribution in [0.2, 0.25) is 5.02 Å². The minimum Gasteiger partial charge on any atom is -0.492 e. The molecule has 1 heterocycles. The fraction of sp³-hybridized carbons (Fsp3) is 0.278. The van der Waals surface area contributed by atoms with E-state index in [0.717, 1.165) is 17.7 Å². The smallest absolute Gasteiger partial charge is 0.255 e. The van der Waals surface area contributed by atoms with Gasteiger partial charge in [0, 0.05) is 28.6 Å². The molecule has 0 saturated heterocycles. The molecular formula is C18H18ClNO3. The molecule has 5 heteroatoms. The number of halogens is 1. The Hall–Kier alpha value is -2.20. The minimum absolute atomic E-state index is 0.140. The van der Waals surface area contributed by atoms with Crippen LogP contribution in [0.1, 0.15) is 29.8 Å². The quantitative estimate of drug-likeness (QED) is 0.907. The number of hydrogen-bond acceptors (Lipinski definition) is 3. The molecule has 0 radical (unpaired) electrons. The third-order valence-corrected chi connectivity index (χ3v) is 3.90. The maximum absolute atomic E-state index is 12.4. The summed E-state index contributed by atoms with van der Waals surface area (Å²) in [5.41, 5.74) is 2.25. The molecule has 1 aliphatic rings. The summed E-state index contributed by atoms with van der Waals surface area (Å²) in [4.78, 5) is 12.4. The van der Waals surface area contributed by atoms with Crippen molar-refractivity contribution in [2.45, 2.75) is 26.4 Å². The Morgan fingerprint density at radius 3 is 2.78 bits per heavy atom. The number of anilines is 1. The SMILES string of the molecule is CCOc1cc2c(cc1NC(=O)c1ccc(Cl)cc1)O[C@@H](C)C2. The molecule has 120 valence electrons. The van der Waals surface area contributed by atoms with Crippen molar-refractivity contribution in [3.05, 3.63) is 52.5 Å². The van der Waals surface area contributed by atoms with Gasteiger partial charge in [0.15, 0.2) is 0 Å². The van der Waals surface area contributed by atoms with Gasteiger partial charge in [0.2, 0.25) is 0 Å². The molecule has 0 bridgehead atoms. The van der Waals surface area contributed by atoms with Crippen LogP contribution in [0.15, 0.2) is 36.4 Å². The molecule has 3 rings (SSSR count). The summed E-state index contributed by atoms with van der Waals surface area (Å²) < 4.78 is 11.4. The number of amides is 1. The van der Waals surface area contributed by atoms with Crippen molar-refractivity contribution < 1.29 is 14.3 Å². The van der Waals surface area contributed by atoms with E-state index in [-0.39, 0.29) is 12.0 Å². The molecule has 0 aliphatic carbocycles. The van der Waals surface area contributed by atoms with Gasteiger partial charge in [-0.1, -0.05) is 11.6 Å². The zero-order chi connectivity index (χ0) is 16.4. The van der Waals surface area contributed by atoms with Gasteiger partial charge < -0.3 is 14.8 Å². The normalized spacial score (nSPS) is 15.7. The molecule has 0 aromatic heterocycles. The maximum atomic E-state index is 12.4. The maximum Gasteiger partial charge on any atom is 0.255 e. The van der Waals surface area contributed by atoms with E-state index in [1.165, 1.54) is 0 Å². The summed E-state index contributed by atoms with van der Waals surface area (Å²) in [5.74, 6) is 1.24. The van der Waals surface area contributed by atoms with Crippen LogP contribution in [0.3, 0.4) is 0 Å². The Morgan fingerprint density at radius 1 is 1.35 bits per heavy atom. The Kier molecular flexibility index (Phi) is 4.44. The second kappa shape index (κ2) is 6.50. The molecule has 0 spiro atoms. The molecule has 0 fully saturated rings. The van der Waals surface area contributed by atoms with Crippen LogP contribution in [0.25, 0.3) is 0 Å². The van der Waals surface area contributed by atoms with E-state index in [1.807, 2.05) is 26.0 Å². The number of carbonyl (C=O) groups is 1. The largest absolute Gasteiger partial charge is 0.492 e. The van der Waals surface area contributed by atoms with Gasteiger partial charge in [-0.3, -0.25) is 4.79 Å². The number of nitrogens with one attached hydrogen (secondary N) is 1. The molecule has 2 aromatic carbocycles. The molecule has 2 aromatic rings. The lowest BCUT2D eigenvalue weighted by Gasteiger charge is -2.13. The molecule has 1 N–H and O–H groups in total. The van der Waals surface area contributed by atoms with E-state index in [4.69, 9.17) is 21.1 Å². The number of carbonyl (C=O) groups excluding carboxylic acids is 1. The summed E-state index contributed by atoms with van der Waals surface area (Å²) in [6.45, 7) is 4.46. The van der Waals surface area contributed by atoms with Gasteiger partial charge in [0.05, 0.1) is 12.3 Å². The van der Waals surface area contributed by atoms with Gasteiger partial charge in [-0.15, -0.1) is 0 Å². The fourth-order valence-corrected chi connectivity index (χ4v) is 2.73. The van der Waals surface area contributed by atoms with Gasteiger partial charge >= 0.3 is 0 Å². The van der Waals surface area contributed by atoms with Gasteiger partial charge in [-0.2, -0.15) is 0 Å². The molecule has 4 nitrogen and oxygen atoms in total.